The van der Waals surface area contributed by atoms with Crippen LogP contribution in [0.25, 0.3) is 0 Å². The van der Waals surface area contributed by atoms with Crippen molar-refractivity contribution in [1.82, 2.24) is 0 Å². The molecule has 2 N–H and O–H groups in total. The molecule has 1 atom stereocenters. The number of ether oxygens (including phenoxy) is 2. The van der Waals surface area contributed by atoms with E-state index < -0.39 is 0 Å². The van der Waals surface area contributed by atoms with Gasteiger partial charge in [0, 0.05) is 12.8 Å². The number of aryl methyl sites for hydroxylation is 2. The standard InChI is InChI=1S/C25H37N2O2.2ClH/c1-28-24-13-9-21(10-14-24)6-3-17-27(19-5-8-23(26)20-27)18-4-7-22-11-15-25(29-2)16-12-22;;/h9-16,23H,3-8,17-20,26H2,1-2H3;2*1H/q+1;;/p-1/t23-;;/m0../s1. The average molecular weight is 469 g/mol. The summed E-state index contributed by atoms with van der Waals surface area (Å²) in [6, 6.07) is 17.4. The van der Waals surface area contributed by atoms with E-state index in [2.05, 4.69) is 48.5 Å². The summed E-state index contributed by atoms with van der Waals surface area (Å²) in [7, 11) is 3.43. The Morgan fingerprint density at radius 3 is 1.68 bits per heavy atom. The highest BCUT2D eigenvalue weighted by Gasteiger charge is 2.32. The van der Waals surface area contributed by atoms with Gasteiger partial charge in [-0.3, -0.25) is 0 Å². The molecule has 1 heterocycles. The molecule has 174 valence electrons. The number of rotatable bonds is 10. The zero-order valence-electron chi connectivity index (χ0n) is 18.9. The lowest BCUT2D eigenvalue weighted by molar-refractivity contribution is -0.933. The number of likely N-dealkylation sites (tertiary alicyclic amines) is 1. The van der Waals surface area contributed by atoms with Gasteiger partial charge < -0.3 is 32.1 Å². The number of quaternary nitrogens is 1. The third-order valence-electron chi connectivity index (χ3n) is 6.34. The summed E-state index contributed by atoms with van der Waals surface area (Å²) in [6.07, 6.45) is 7.10. The topological polar surface area (TPSA) is 44.5 Å². The first-order valence-electron chi connectivity index (χ1n) is 11.0. The molecule has 0 bridgehead atoms. The fraction of sp³-hybridized carbons (Fsp3) is 0.520. The van der Waals surface area contributed by atoms with Crippen LogP contribution in [0.3, 0.4) is 0 Å². The van der Waals surface area contributed by atoms with Crippen molar-refractivity contribution >= 4 is 12.4 Å². The van der Waals surface area contributed by atoms with Gasteiger partial charge in [-0.05, 0) is 61.1 Å². The molecule has 0 aromatic heterocycles. The van der Waals surface area contributed by atoms with Crippen LogP contribution < -0.4 is 27.6 Å². The number of piperidine rings is 1. The smallest absolute Gasteiger partial charge is 0.118 e. The fourth-order valence-corrected chi connectivity index (χ4v) is 4.71. The molecule has 1 aliphatic rings. The van der Waals surface area contributed by atoms with Gasteiger partial charge in [0.25, 0.3) is 0 Å². The highest BCUT2D eigenvalue weighted by atomic mass is 35.5. The van der Waals surface area contributed by atoms with Gasteiger partial charge in [0.2, 0.25) is 0 Å². The van der Waals surface area contributed by atoms with Gasteiger partial charge in [-0.15, -0.1) is 12.4 Å². The van der Waals surface area contributed by atoms with Crippen molar-refractivity contribution in [2.75, 3.05) is 40.4 Å². The molecule has 0 spiro atoms. The Kier molecular flexibility index (Phi) is 12.3. The molecule has 3 rings (SSSR count). The zero-order valence-corrected chi connectivity index (χ0v) is 20.5. The van der Waals surface area contributed by atoms with Gasteiger partial charge in [-0.2, -0.15) is 0 Å². The van der Waals surface area contributed by atoms with E-state index in [0.29, 0.717) is 6.04 Å². The van der Waals surface area contributed by atoms with E-state index in [4.69, 9.17) is 15.2 Å². The third kappa shape index (κ3) is 8.53. The van der Waals surface area contributed by atoms with Crippen molar-refractivity contribution in [2.24, 2.45) is 5.73 Å². The van der Waals surface area contributed by atoms with Crippen molar-refractivity contribution in [3.05, 3.63) is 59.7 Å². The quantitative estimate of drug-likeness (QED) is 0.538. The Bertz CT molecular complexity index is 685. The van der Waals surface area contributed by atoms with E-state index in [0.717, 1.165) is 30.9 Å². The Morgan fingerprint density at radius 2 is 1.29 bits per heavy atom. The number of nitrogens with two attached hydrogens (primary N) is 1. The summed E-state index contributed by atoms with van der Waals surface area (Å²) < 4.78 is 11.7. The van der Waals surface area contributed by atoms with Crippen molar-refractivity contribution < 1.29 is 26.4 Å². The molecule has 2 aromatic rings. The van der Waals surface area contributed by atoms with E-state index in [1.165, 1.54) is 60.9 Å². The molecule has 0 amide bonds. The van der Waals surface area contributed by atoms with Gasteiger partial charge in [0.1, 0.15) is 11.5 Å². The van der Waals surface area contributed by atoms with Gasteiger partial charge in [-0.1, -0.05) is 24.3 Å². The highest BCUT2D eigenvalue weighted by Crippen LogP contribution is 2.22. The maximum absolute atomic E-state index is 6.40. The molecule has 1 saturated heterocycles. The lowest BCUT2D eigenvalue weighted by Crippen LogP contribution is -3.00. The van der Waals surface area contributed by atoms with Crippen LogP contribution in [0.5, 0.6) is 11.5 Å². The summed E-state index contributed by atoms with van der Waals surface area (Å²) in [5.41, 5.74) is 9.18. The Labute approximate surface area is 200 Å². The minimum absolute atomic E-state index is 0. The van der Waals surface area contributed by atoms with Gasteiger partial charge in [0.05, 0.1) is 46.4 Å². The summed E-state index contributed by atoms with van der Waals surface area (Å²) >= 11 is 0. The second-order valence-electron chi connectivity index (χ2n) is 8.50. The number of methoxy groups -OCH3 is 2. The van der Waals surface area contributed by atoms with Gasteiger partial charge >= 0.3 is 0 Å². The van der Waals surface area contributed by atoms with Crippen LogP contribution in [-0.4, -0.2) is 50.9 Å². The zero-order chi connectivity index (χ0) is 20.5. The molecule has 6 heteroatoms. The summed E-state index contributed by atoms with van der Waals surface area (Å²) in [5, 5.41) is 0. The van der Waals surface area contributed by atoms with Gasteiger partial charge in [-0.25, -0.2) is 0 Å². The van der Waals surface area contributed by atoms with Crippen LogP contribution in [0.1, 0.15) is 36.8 Å². The Morgan fingerprint density at radius 1 is 0.839 bits per heavy atom. The first-order valence-corrected chi connectivity index (χ1v) is 11.0. The van der Waals surface area contributed by atoms with Crippen LogP contribution in [0.15, 0.2) is 48.5 Å². The first-order chi connectivity index (χ1) is 14.1. The molecule has 0 radical (unpaired) electrons. The molecule has 1 aliphatic heterocycles. The van der Waals surface area contributed by atoms with Crippen LogP contribution in [0, 0.1) is 0 Å². The summed E-state index contributed by atoms with van der Waals surface area (Å²) in [6.45, 7) is 4.86. The lowest BCUT2D eigenvalue weighted by atomic mass is 10.00. The maximum Gasteiger partial charge on any atom is 0.118 e. The van der Waals surface area contributed by atoms with Crippen LogP contribution >= 0.6 is 12.4 Å². The SMILES string of the molecule is COc1ccc(CCC[N+]2(CCCc3ccc(OC)cc3)CCC[C@H](N)C2)cc1.Cl.[Cl-]. The van der Waals surface area contributed by atoms with E-state index >= 15 is 0 Å². The second-order valence-corrected chi connectivity index (χ2v) is 8.50. The highest BCUT2D eigenvalue weighted by molar-refractivity contribution is 5.85. The maximum atomic E-state index is 6.40. The van der Waals surface area contributed by atoms with E-state index in [9.17, 15) is 0 Å². The fourth-order valence-electron chi connectivity index (χ4n) is 4.71. The van der Waals surface area contributed by atoms with E-state index in [1.807, 2.05) is 0 Å². The lowest BCUT2D eigenvalue weighted by Gasteiger charge is -2.44. The normalized spacial score (nSPS) is 17.2. The Balaban J connectivity index is 0.00000240. The third-order valence-corrected chi connectivity index (χ3v) is 6.34. The van der Waals surface area contributed by atoms with E-state index in [1.54, 1.807) is 14.2 Å². The van der Waals surface area contributed by atoms with Gasteiger partial charge in [0.15, 0.2) is 0 Å². The number of hydrogen-bond acceptors (Lipinski definition) is 3. The second kappa shape index (κ2) is 13.8. The van der Waals surface area contributed by atoms with Crippen LogP contribution in [0.4, 0.5) is 0 Å². The molecule has 1 fully saturated rings. The van der Waals surface area contributed by atoms with E-state index in [-0.39, 0.29) is 24.8 Å². The molecular formula is C25H38Cl2N2O2. The Hall–Kier alpha value is -1.46. The minimum Gasteiger partial charge on any atom is -1.00 e. The molecule has 0 aliphatic carbocycles. The van der Waals surface area contributed by atoms with Crippen LogP contribution in [0.2, 0.25) is 0 Å². The largest absolute Gasteiger partial charge is 1.00 e. The number of halogens is 2. The molecule has 2 aromatic carbocycles. The summed E-state index contributed by atoms with van der Waals surface area (Å²) in [5.74, 6) is 1.86. The predicted molar refractivity (Wildman–Crippen MR) is 127 cm³/mol. The van der Waals surface area contributed by atoms with Crippen molar-refractivity contribution in [2.45, 2.75) is 44.6 Å². The average Bonchev–Trinajstić information content (AvgIpc) is 2.75. The molecule has 4 nitrogen and oxygen atoms in total. The number of nitrogens with zero attached hydrogens (tertiary/aromatic N) is 1. The number of benzene rings is 2. The molecule has 0 unspecified atom stereocenters. The van der Waals surface area contributed by atoms with Crippen molar-refractivity contribution in [1.29, 1.82) is 0 Å². The summed E-state index contributed by atoms with van der Waals surface area (Å²) in [4.78, 5) is 0. The molecule has 31 heavy (non-hydrogen) atoms. The van der Waals surface area contributed by atoms with Crippen molar-refractivity contribution in [3.63, 3.8) is 0 Å². The predicted octanol–water partition coefficient (Wildman–Crippen LogP) is 1.63. The minimum atomic E-state index is 0. The first kappa shape index (κ1) is 27.6. The number of hydrogen-bond donors (Lipinski definition) is 1. The monoisotopic (exact) mass is 468 g/mol. The van der Waals surface area contributed by atoms with Crippen molar-refractivity contribution in [3.8, 4) is 11.5 Å². The molecular weight excluding hydrogens is 431 g/mol. The molecule has 0 saturated carbocycles. The van der Waals surface area contributed by atoms with Crippen LogP contribution in [-0.2, 0) is 12.8 Å².